The van der Waals surface area contributed by atoms with Gasteiger partial charge < -0.3 is 15.1 Å². The predicted octanol–water partition coefficient (Wildman–Crippen LogP) is 4.55. The lowest BCUT2D eigenvalue weighted by Gasteiger charge is -2.44. The van der Waals surface area contributed by atoms with Crippen molar-refractivity contribution in [3.63, 3.8) is 0 Å². The molecule has 2 aromatic rings. The molecule has 4 rings (SSSR count). The van der Waals surface area contributed by atoms with Crippen LogP contribution in [0.2, 0.25) is 0 Å². The van der Waals surface area contributed by atoms with Crippen molar-refractivity contribution in [2.75, 3.05) is 32.7 Å². The number of hydrogen-bond acceptors (Lipinski definition) is 3. The molecule has 5 heteroatoms. The van der Waals surface area contributed by atoms with E-state index in [0.717, 1.165) is 58.2 Å². The Kier molecular flexibility index (Phi) is 7.48. The monoisotopic (exact) mass is 436 g/mol. The lowest BCUT2D eigenvalue weighted by Crippen LogP contribution is -2.52. The van der Waals surface area contributed by atoms with Crippen molar-refractivity contribution < 1.29 is 15.0 Å². The Morgan fingerprint density at radius 3 is 2.22 bits per heavy atom. The zero-order valence-corrected chi connectivity index (χ0v) is 19.0. The highest BCUT2D eigenvalue weighted by Gasteiger charge is 2.40. The molecule has 32 heavy (non-hydrogen) atoms. The zero-order chi connectivity index (χ0) is 22.4. The molecule has 2 aliphatic rings. The Balaban J connectivity index is 1.55. The number of rotatable bonds is 7. The molecular formula is C27H36N2O3. The lowest BCUT2D eigenvalue weighted by molar-refractivity contribution is -0.0341. The Hall–Kier alpha value is -2.37. The molecule has 1 aliphatic heterocycles. The van der Waals surface area contributed by atoms with Crippen LogP contribution in [0.15, 0.2) is 54.6 Å². The van der Waals surface area contributed by atoms with Crippen molar-refractivity contribution in [2.24, 2.45) is 0 Å². The maximum absolute atomic E-state index is 11.8. The van der Waals surface area contributed by atoms with Gasteiger partial charge in [0, 0.05) is 38.6 Å². The minimum absolute atomic E-state index is 0.0474. The van der Waals surface area contributed by atoms with Crippen LogP contribution in [0, 0.1) is 0 Å². The van der Waals surface area contributed by atoms with Crippen molar-refractivity contribution in [1.29, 1.82) is 0 Å². The van der Waals surface area contributed by atoms with E-state index in [1.807, 2.05) is 0 Å². The molecule has 2 aromatic carbocycles. The minimum atomic E-state index is -0.835. The molecule has 1 amide bonds. The molecule has 0 radical (unpaired) electrons. The van der Waals surface area contributed by atoms with Crippen LogP contribution in [0.1, 0.15) is 54.7 Å². The summed E-state index contributed by atoms with van der Waals surface area (Å²) in [7, 11) is 0. The zero-order valence-electron chi connectivity index (χ0n) is 19.0. The summed E-state index contributed by atoms with van der Waals surface area (Å²) >= 11 is 0. The molecule has 5 nitrogen and oxygen atoms in total. The Morgan fingerprint density at radius 1 is 0.875 bits per heavy atom. The summed E-state index contributed by atoms with van der Waals surface area (Å²) in [5.74, 6) is 0.0474. The number of benzene rings is 2. The van der Waals surface area contributed by atoms with Crippen LogP contribution < -0.4 is 0 Å². The summed E-state index contributed by atoms with van der Waals surface area (Å²) in [5.41, 5.74) is 3.24. The van der Waals surface area contributed by atoms with Crippen molar-refractivity contribution >= 4 is 6.09 Å². The molecular weight excluding hydrogens is 400 g/mol. The number of piperazine rings is 1. The molecule has 1 atom stereocenters. The number of aliphatic hydroxyl groups is 1. The van der Waals surface area contributed by atoms with Crippen molar-refractivity contribution in [2.45, 2.75) is 56.5 Å². The van der Waals surface area contributed by atoms with Gasteiger partial charge in [-0.15, -0.1) is 0 Å². The fraction of sp³-hybridized carbons (Fsp3) is 0.519. The van der Waals surface area contributed by atoms with Crippen LogP contribution in [-0.4, -0.2) is 64.4 Å². The molecule has 2 N–H and O–H groups in total. The third kappa shape index (κ3) is 5.51. The summed E-state index contributed by atoms with van der Waals surface area (Å²) in [4.78, 5) is 15.2. The Bertz CT molecular complexity index is 871. The summed E-state index contributed by atoms with van der Waals surface area (Å²) in [5, 5.41) is 21.1. The molecule has 0 bridgehead atoms. The highest BCUT2D eigenvalue weighted by Crippen LogP contribution is 2.41. The summed E-state index contributed by atoms with van der Waals surface area (Å²) in [6.45, 7) is 3.31. The van der Waals surface area contributed by atoms with Crippen molar-refractivity contribution in [1.82, 2.24) is 9.80 Å². The first kappa shape index (κ1) is 22.8. The van der Waals surface area contributed by atoms with E-state index in [9.17, 15) is 15.0 Å². The molecule has 0 spiro atoms. The second kappa shape index (κ2) is 10.5. The van der Waals surface area contributed by atoms with Crippen LogP contribution in [-0.2, 0) is 12.8 Å². The average Bonchev–Trinajstić information content (AvgIpc) is 2.83. The number of carbonyl (C=O) groups is 1. The third-order valence-electron chi connectivity index (χ3n) is 7.41. The van der Waals surface area contributed by atoms with Gasteiger partial charge in [0.1, 0.15) is 0 Å². The van der Waals surface area contributed by atoms with Gasteiger partial charge in [-0.25, -0.2) is 4.79 Å². The second-order valence-electron chi connectivity index (χ2n) is 9.47. The van der Waals surface area contributed by atoms with Gasteiger partial charge >= 0.3 is 6.09 Å². The molecule has 1 heterocycles. The Labute approximate surface area is 191 Å². The number of amides is 1. The van der Waals surface area contributed by atoms with Gasteiger partial charge in [0.15, 0.2) is 0 Å². The standard InChI is InChI=1S/C27H36N2O3/c30-26(31)29-19-17-28(18-20-29)21-25(27(32)15-7-2-8-16-27)24-12-6-5-11-23(24)14-13-22-9-3-1-4-10-22/h1,3-6,9-12,25,32H,2,7-8,13-21H2,(H,30,31). The summed E-state index contributed by atoms with van der Waals surface area (Å²) in [6, 6.07) is 19.2. The molecule has 1 unspecified atom stereocenters. The van der Waals surface area contributed by atoms with Crippen LogP contribution >= 0.6 is 0 Å². The molecule has 1 saturated carbocycles. The van der Waals surface area contributed by atoms with E-state index in [0.29, 0.717) is 13.1 Å². The normalized spacial score (nSPS) is 20.1. The quantitative estimate of drug-likeness (QED) is 0.669. The fourth-order valence-corrected chi connectivity index (χ4v) is 5.48. The highest BCUT2D eigenvalue weighted by molar-refractivity contribution is 5.65. The topological polar surface area (TPSA) is 64.0 Å². The maximum atomic E-state index is 11.8. The number of nitrogens with zero attached hydrogens (tertiary/aromatic N) is 2. The first-order valence-electron chi connectivity index (χ1n) is 12.1. The van der Waals surface area contributed by atoms with Gasteiger partial charge in [0.2, 0.25) is 0 Å². The van der Waals surface area contributed by atoms with Gasteiger partial charge in [-0.3, -0.25) is 4.90 Å². The highest BCUT2D eigenvalue weighted by atomic mass is 16.4. The average molecular weight is 437 g/mol. The predicted molar refractivity (Wildman–Crippen MR) is 127 cm³/mol. The van der Waals surface area contributed by atoms with E-state index in [2.05, 4.69) is 59.5 Å². The van der Waals surface area contributed by atoms with Crippen molar-refractivity contribution in [3.8, 4) is 0 Å². The van der Waals surface area contributed by atoms with Gasteiger partial charge in [-0.2, -0.15) is 0 Å². The lowest BCUT2D eigenvalue weighted by atomic mass is 9.71. The van der Waals surface area contributed by atoms with E-state index in [4.69, 9.17) is 0 Å². The third-order valence-corrected chi connectivity index (χ3v) is 7.41. The molecule has 2 fully saturated rings. The number of hydrogen-bond donors (Lipinski definition) is 2. The first-order valence-corrected chi connectivity index (χ1v) is 12.1. The molecule has 1 aliphatic carbocycles. The summed E-state index contributed by atoms with van der Waals surface area (Å²) < 4.78 is 0. The second-order valence-corrected chi connectivity index (χ2v) is 9.47. The van der Waals surface area contributed by atoms with E-state index >= 15 is 0 Å². The van der Waals surface area contributed by atoms with Crippen LogP contribution in [0.4, 0.5) is 4.79 Å². The number of aryl methyl sites for hydroxylation is 2. The van der Waals surface area contributed by atoms with Gasteiger partial charge in [0.05, 0.1) is 5.60 Å². The summed E-state index contributed by atoms with van der Waals surface area (Å²) in [6.07, 6.45) is 6.15. The minimum Gasteiger partial charge on any atom is -0.465 e. The smallest absolute Gasteiger partial charge is 0.407 e. The largest absolute Gasteiger partial charge is 0.465 e. The van der Waals surface area contributed by atoms with E-state index in [1.54, 1.807) is 0 Å². The van der Waals surface area contributed by atoms with Gasteiger partial charge in [-0.05, 0) is 42.4 Å². The van der Waals surface area contributed by atoms with Crippen molar-refractivity contribution in [3.05, 3.63) is 71.3 Å². The van der Waals surface area contributed by atoms with Crippen LogP contribution in [0.3, 0.4) is 0 Å². The number of carboxylic acid groups (broad SMARTS) is 1. The molecule has 172 valence electrons. The van der Waals surface area contributed by atoms with Gasteiger partial charge in [-0.1, -0.05) is 73.9 Å². The van der Waals surface area contributed by atoms with Crippen LogP contribution in [0.5, 0.6) is 0 Å². The van der Waals surface area contributed by atoms with E-state index in [1.165, 1.54) is 28.0 Å². The van der Waals surface area contributed by atoms with Gasteiger partial charge in [0.25, 0.3) is 0 Å². The Morgan fingerprint density at radius 2 is 1.53 bits per heavy atom. The fourth-order valence-electron chi connectivity index (χ4n) is 5.48. The van der Waals surface area contributed by atoms with Crippen LogP contribution in [0.25, 0.3) is 0 Å². The van der Waals surface area contributed by atoms with E-state index < -0.39 is 11.7 Å². The maximum Gasteiger partial charge on any atom is 0.407 e. The van der Waals surface area contributed by atoms with E-state index in [-0.39, 0.29) is 5.92 Å². The first-order chi connectivity index (χ1) is 15.5. The SMILES string of the molecule is O=C(O)N1CCN(CC(c2ccccc2CCc2ccccc2)C2(O)CCCCC2)CC1. The molecule has 1 saturated heterocycles. The molecule has 0 aromatic heterocycles.